The molecule has 0 unspecified atom stereocenters. The summed E-state index contributed by atoms with van der Waals surface area (Å²) < 4.78 is 0. The van der Waals surface area contributed by atoms with E-state index in [1.54, 1.807) is 0 Å². The summed E-state index contributed by atoms with van der Waals surface area (Å²) in [5, 5.41) is 0. The van der Waals surface area contributed by atoms with Gasteiger partial charge in [-0.15, -0.1) is 0 Å². The Kier molecular flexibility index (Phi) is 4.24. The van der Waals surface area contributed by atoms with Crippen molar-refractivity contribution < 1.29 is 0 Å². The number of benzene rings is 2. The lowest BCUT2D eigenvalue weighted by molar-refractivity contribution is 0.866. The second-order valence-electron chi connectivity index (χ2n) is 4.87. The smallest absolute Gasteiger partial charge is 0.0540 e. The molecule has 2 rings (SSSR count). The molecule has 0 aliphatic carbocycles. The molecule has 2 aromatic carbocycles. The fraction of sp³-hybridized carbons (Fsp3) is 0.176. The molecule has 2 nitrogen and oxygen atoms in total. The van der Waals surface area contributed by atoms with E-state index in [9.17, 15) is 0 Å². The lowest BCUT2D eigenvalue weighted by Gasteiger charge is -2.13. The van der Waals surface area contributed by atoms with Crippen LogP contribution >= 0.6 is 0 Å². The Balaban J connectivity index is 1.96. The zero-order valence-corrected chi connectivity index (χ0v) is 11.5. The third kappa shape index (κ3) is 3.62. The molecule has 0 fully saturated rings. The molecule has 0 heterocycles. The highest BCUT2D eigenvalue weighted by Gasteiger charge is 2.01. The van der Waals surface area contributed by atoms with E-state index in [0.717, 1.165) is 16.9 Å². The lowest BCUT2D eigenvalue weighted by Crippen LogP contribution is -2.19. The number of hydrazine groups is 1. The second-order valence-corrected chi connectivity index (χ2v) is 4.87. The molecule has 0 spiro atoms. The summed E-state index contributed by atoms with van der Waals surface area (Å²) in [7, 11) is 0. The fourth-order valence-electron chi connectivity index (χ4n) is 1.81. The molecular formula is C17H20N2. The van der Waals surface area contributed by atoms with E-state index in [1.165, 1.54) is 5.56 Å². The maximum atomic E-state index is 4.04. The number of hydrogen-bond acceptors (Lipinski definition) is 2. The summed E-state index contributed by atoms with van der Waals surface area (Å²) in [5.41, 5.74) is 10.6. The number of nitrogens with one attached hydrogen (secondary N) is 2. The second kappa shape index (κ2) is 6.10. The molecule has 0 aromatic heterocycles. The van der Waals surface area contributed by atoms with E-state index in [4.69, 9.17) is 0 Å². The summed E-state index contributed by atoms with van der Waals surface area (Å²) in [6.07, 6.45) is 0. The maximum Gasteiger partial charge on any atom is 0.0540 e. The van der Waals surface area contributed by atoms with Gasteiger partial charge in [0, 0.05) is 0 Å². The van der Waals surface area contributed by atoms with Gasteiger partial charge in [-0.05, 0) is 29.2 Å². The average molecular weight is 252 g/mol. The van der Waals surface area contributed by atoms with Crippen molar-refractivity contribution >= 4 is 11.4 Å². The zero-order valence-electron chi connectivity index (χ0n) is 11.5. The van der Waals surface area contributed by atoms with Gasteiger partial charge in [0.1, 0.15) is 0 Å². The molecule has 2 N–H and O–H groups in total. The van der Waals surface area contributed by atoms with Gasteiger partial charge in [0.05, 0.1) is 11.4 Å². The summed E-state index contributed by atoms with van der Waals surface area (Å²) >= 11 is 0. The maximum absolute atomic E-state index is 4.04. The SMILES string of the molecule is C=C(NNc1ccccc1)c1ccc(C(C)C)cc1. The number of rotatable bonds is 5. The lowest BCUT2D eigenvalue weighted by atomic mass is 10.0. The Morgan fingerprint density at radius 3 is 2.16 bits per heavy atom. The molecule has 0 amide bonds. The summed E-state index contributed by atoms with van der Waals surface area (Å²) in [5.74, 6) is 0.553. The molecule has 0 radical (unpaired) electrons. The van der Waals surface area contributed by atoms with Gasteiger partial charge in [-0.1, -0.05) is 62.9 Å². The van der Waals surface area contributed by atoms with Crippen LogP contribution < -0.4 is 10.9 Å². The standard InChI is InChI=1S/C17H20N2/c1-13(2)15-9-11-16(12-10-15)14(3)18-19-17-7-5-4-6-8-17/h4-13,18-19H,3H2,1-2H3. The van der Waals surface area contributed by atoms with Crippen LogP contribution in [-0.2, 0) is 0 Å². The van der Waals surface area contributed by atoms with Crippen molar-refractivity contribution in [3.05, 3.63) is 72.3 Å². The van der Waals surface area contributed by atoms with Crippen LogP contribution in [0.2, 0.25) is 0 Å². The molecule has 0 atom stereocenters. The minimum Gasteiger partial charge on any atom is -0.301 e. The zero-order chi connectivity index (χ0) is 13.7. The van der Waals surface area contributed by atoms with Crippen LogP contribution in [0.3, 0.4) is 0 Å². The molecule has 0 bridgehead atoms. The molecule has 98 valence electrons. The van der Waals surface area contributed by atoms with Crippen molar-refractivity contribution in [1.29, 1.82) is 0 Å². The van der Waals surface area contributed by atoms with Crippen molar-refractivity contribution in [2.45, 2.75) is 19.8 Å². The minimum absolute atomic E-state index is 0.553. The number of hydrogen-bond donors (Lipinski definition) is 2. The van der Waals surface area contributed by atoms with Gasteiger partial charge in [0.25, 0.3) is 0 Å². The summed E-state index contributed by atoms with van der Waals surface area (Å²) in [4.78, 5) is 0. The van der Waals surface area contributed by atoms with Crippen molar-refractivity contribution in [1.82, 2.24) is 5.43 Å². The van der Waals surface area contributed by atoms with Crippen LogP contribution in [-0.4, -0.2) is 0 Å². The Bertz CT molecular complexity index is 527. The quantitative estimate of drug-likeness (QED) is 0.771. The van der Waals surface area contributed by atoms with E-state index in [1.807, 2.05) is 30.3 Å². The first kappa shape index (κ1) is 13.2. The molecular weight excluding hydrogens is 232 g/mol. The van der Waals surface area contributed by atoms with Crippen LogP contribution in [0.4, 0.5) is 5.69 Å². The molecule has 2 aromatic rings. The molecule has 2 heteroatoms. The Labute approximate surface area is 115 Å². The fourth-order valence-corrected chi connectivity index (χ4v) is 1.81. The largest absolute Gasteiger partial charge is 0.301 e. The first-order chi connectivity index (χ1) is 9.16. The van der Waals surface area contributed by atoms with Crippen LogP contribution in [0.25, 0.3) is 5.70 Å². The van der Waals surface area contributed by atoms with Gasteiger partial charge in [-0.2, -0.15) is 0 Å². The van der Waals surface area contributed by atoms with Crippen molar-refractivity contribution in [3.8, 4) is 0 Å². The van der Waals surface area contributed by atoms with Crippen molar-refractivity contribution in [3.63, 3.8) is 0 Å². The van der Waals surface area contributed by atoms with Crippen LogP contribution in [0.15, 0.2) is 61.2 Å². The van der Waals surface area contributed by atoms with Gasteiger partial charge in [-0.3, -0.25) is 0 Å². The third-order valence-corrected chi connectivity index (χ3v) is 3.06. The third-order valence-electron chi connectivity index (χ3n) is 3.06. The van der Waals surface area contributed by atoms with Gasteiger partial charge in [0.2, 0.25) is 0 Å². The van der Waals surface area contributed by atoms with Gasteiger partial charge >= 0.3 is 0 Å². The molecule has 0 aliphatic heterocycles. The minimum atomic E-state index is 0.553. The Hall–Kier alpha value is -2.22. The van der Waals surface area contributed by atoms with E-state index >= 15 is 0 Å². The highest BCUT2D eigenvalue weighted by molar-refractivity contribution is 5.63. The van der Waals surface area contributed by atoms with Crippen molar-refractivity contribution in [2.75, 3.05) is 5.43 Å². The molecule has 0 aliphatic rings. The van der Waals surface area contributed by atoms with E-state index in [0.29, 0.717) is 5.92 Å². The highest BCUT2D eigenvalue weighted by Crippen LogP contribution is 2.17. The predicted octanol–water partition coefficient (Wildman–Crippen LogP) is 4.40. The Morgan fingerprint density at radius 1 is 0.947 bits per heavy atom. The number of para-hydroxylation sites is 1. The Morgan fingerprint density at radius 2 is 1.58 bits per heavy atom. The van der Waals surface area contributed by atoms with E-state index < -0.39 is 0 Å². The van der Waals surface area contributed by atoms with Crippen LogP contribution in [0, 0.1) is 0 Å². The average Bonchev–Trinajstić information content (AvgIpc) is 2.46. The van der Waals surface area contributed by atoms with E-state index in [-0.39, 0.29) is 0 Å². The first-order valence-electron chi connectivity index (χ1n) is 6.53. The molecule has 0 saturated carbocycles. The monoisotopic (exact) mass is 252 g/mol. The van der Waals surface area contributed by atoms with Crippen LogP contribution in [0.5, 0.6) is 0 Å². The summed E-state index contributed by atoms with van der Waals surface area (Å²) in [6.45, 7) is 8.43. The molecule has 19 heavy (non-hydrogen) atoms. The van der Waals surface area contributed by atoms with Gasteiger partial charge < -0.3 is 10.9 Å². The van der Waals surface area contributed by atoms with Crippen LogP contribution in [0.1, 0.15) is 30.9 Å². The van der Waals surface area contributed by atoms with Gasteiger partial charge in [0.15, 0.2) is 0 Å². The first-order valence-corrected chi connectivity index (χ1v) is 6.53. The molecule has 0 saturated heterocycles. The van der Waals surface area contributed by atoms with Crippen molar-refractivity contribution in [2.24, 2.45) is 0 Å². The topological polar surface area (TPSA) is 24.1 Å². The van der Waals surface area contributed by atoms with E-state index in [2.05, 4.69) is 55.5 Å². The predicted molar refractivity (Wildman–Crippen MR) is 82.8 cm³/mol. The summed E-state index contributed by atoms with van der Waals surface area (Å²) in [6, 6.07) is 18.5. The normalized spacial score (nSPS) is 10.3. The van der Waals surface area contributed by atoms with Gasteiger partial charge in [-0.25, -0.2) is 0 Å². The number of anilines is 1. The highest BCUT2D eigenvalue weighted by atomic mass is 15.4.